The number of hydrogen-bond donors (Lipinski definition) is 2. The third-order valence-electron chi connectivity index (χ3n) is 7.94. The molecule has 3 aromatic rings. The molecule has 0 unspecified atom stereocenters. The van der Waals surface area contributed by atoms with Gasteiger partial charge in [0.2, 0.25) is 0 Å². The van der Waals surface area contributed by atoms with Crippen LogP contribution in [0.1, 0.15) is 60.7 Å². The summed E-state index contributed by atoms with van der Waals surface area (Å²) in [5.41, 5.74) is 1.17. The van der Waals surface area contributed by atoms with E-state index in [1.165, 1.54) is 11.4 Å². The van der Waals surface area contributed by atoms with Gasteiger partial charge in [0.15, 0.2) is 0 Å². The number of ether oxygens (including phenoxy) is 2. The summed E-state index contributed by atoms with van der Waals surface area (Å²) in [6.45, 7) is 6.04. The number of nitrogens with one attached hydrogen (secondary N) is 1. The lowest BCUT2D eigenvalue weighted by Gasteiger charge is -2.35. The van der Waals surface area contributed by atoms with Gasteiger partial charge in [0.25, 0.3) is 21.8 Å². The van der Waals surface area contributed by atoms with Crippen LogP contribution in [0.4, 0.5) is 5.69 Å². The van der Waals surface area contributed by atoms with Gasteiger partial charge in [0, 0.05) is 43.9 Å². The van der Waals surface area contributed by atoms with Crippen molar-refractivity contribution in [2.75, 3.05) is 38.7 Å². The second-order valence-electron chi connectivity index (χ2n) is 11.5. The van der Waals surface area contributed by atoms with Crippen LogP contribution in [0.25, 0.3) is 0 Å². The second kappa shape index (κ2) is 15.8. The molecule has 2 N–H and O–H groups in total. The molecular formula is C33H43N3O7S2. The number of carbonyl (C=O) groups is 2. The summed E-state index contributed by atoms with van der Waals surface area (Å²) in [5.74, 6) is -0.596. The normalized spacial score (nSPS) is 21.0. The SMILES string of the molecule is C[C@@H]1CCCCO[C@@H](CN(C)S(=O)(=O)c2cccs2)[C@H](C)CN([C@H](C)CO)C(=O)c2cc(NC(=O)c3ccccc3)ccc2O1. The fourth-order valence-corrected chi connectivity index (χ4v) is 7.56. The topological polar surface area (TPSA) is 125 Å². The first kappa shape index (κ1) is 34.6. The van der Waals surface area contributed by atoms with E-state index in [4.69, 9.17) is 9.47 Å². The second-order valence-corrected chi connectivity index (χ2v) is 14.8. The number of sulfonamides is 1. The quantitative estimate of drug-likeness (QED) is 0.345. The van der Waals surface area contributed by atoms with Crippen LogP contribution in [0, 0.1) is 5.92 Å². The Morgan fingerprint density at radius 1 is 1.13 bits per heavy atom. The average molecular weight is 658 g/mol. The van der Waals surface area contributed by atoms with Crippen LogP contribution in [0.2, 0.25) is 0 Å². The summed E-state index contributed by atoms with van der Waals surface area (Å²) < 4.78 is 40.5. The zero-order valence-corrected chi connectivity index (χ0v) is 27.9. The van der Waals surface area contributed by atoms with Crippen molar-refractivity contribution < 1.29 is 32.6 Å². The summed E-state index contributed by atoms with van der Waals surface area (Å²) in [6, 6.07) is 16.5. The summed E-state index contributed by atoms with van der Waals surface area (Å²) in [4.78, 5) is 28.7. The van der Waals surface area contributed by atoms with Crippen molar-refractivity contribution in [3.63, 3.8) is 0 Å². The highest BCUT2D eigenvalue weighted by Crippen LogP contribution is 2.29. The third-order valence-corrected chi connectivity index (χ3v) is 11.1. The van der Waals surface area contributed by atoms with Gasteiger partial charge in [0.1, 0.15) is 9.96 Å². The van der Waals surface area contributed by atoms with Gasteiger partial charge in [-0.15, -0.1) is 11.3 Å². The fraction of sp³-hybridized carbons (Fsp3) is 0.455. The van der Waals surface area contributed by atoms with Crippen LogP contribution in [0.3, 0.4) is 0 Å². The molecule has 12 heteroatoms. The van der Waals surface area contributed by atoms with Gasteiger partial charge in [-0.25, -0.2) is 8.42 Å². The number of benzene rings is 2. The van der Waals surface area contributed by atoms with E-state index < -0.39 is 22.2 Å². The lowest BCUT2D eigenvalue weighted by Crippen LogP contribution is -2.48. The number of aliphatic hydroxyl groups excluding tert-OH is 1. The minimum absolute atomic E-state index is 0.0999. The molecule has 0 saturated carbocycles. The van der Waals surface area contributed by atoms with Gasteiger partial charge in [-0.05, 0) is 74.9 Å². The van der Waals surface area contributed by atoms with Crippen molar-refractivity contribution in [3.8, 4) is 5.75 Å². The number of aliphatic hydroxyl groups is 1. The molecule has 0 aliphatic carbocycles. The molecule has 1 aromatic heterocycles. The highest BCUT2D eigenvalue weighted by Gasteiger charge is 2.32. The van der Waals surface area contributed by atoms with Crippen LogP contribution in [-0.4, -0.2) is 86.1 Å². The van der Waals surface area contributed by atoms with E-state index in [0.29, 0.717) is 30.0 Å². The lowest BCUT2D eigenvalue weighted by molar-refractivity contribution is -0.00832. The molecule has 1 aliphatic heterocycles. The van der Waals surface area contributed by atoms with Crippen molar-refractivity contribution in [3.05, 3.63) is 77.2 Å². The molecular weight excluding hydrogens is 615 g/mol. The van der Waals surface area contributed by atoms with Crippen molar-refractivity contribution in [1.29, 1.82) is 0 Å². The number of carbonyl (C=O) groups excluding carboxylic acids is 2. The molecule has 0 radical (unpaired) electrons. The summed E-state index contributed by atoms with van der Waals surface area (Å²) >= 11 is 1.16. The van der Waals surface area contributed by atoms with Crippen LogP contribution in [0.15, 0.2) is 70.3 Å². The van der Waals surface area contributed by atoms with Crippen LogP contribution < -0.4 is 10.1 Å². The number of hydrogen-bond acceptors (Lipinski definition) is 8. The van der Waals surface area contributed by atoms with E-state index in [1.54, 1.807) is 71.8 Å². The Labute approximate surface area is 270 Å². The Kier molecular flexibility index (Phi) is 12.2. The van der Waals surface area contributed by atoms with Gasteiger partial charge in [-0.2, -0.15) is 4.31 Å². The molecule has 0 saturated heterocycles. The molecule has 0 spiro atoms. The van der Waals surface area contributed by atoms with Gasteiger partial charge in [0.05, 0.1) is 30.4 Å². The van der Waals surface area contributed by atoms with E-state index >= 15 is 0 Å². The molecule has 10 nitrogen and oxygen atoms in total. The Balaban J connectivity index is 1.65. The lowest BCUT2D eigenvalue weighted by atomic mass is 10.0. The Morgan fingerprint density at radius 3 is 2.58 bits per heavy atom. The number of fused-ring (bicyclic) bond motifs is 1. The standard InChI is InChI=1S/C33H43N3O7S2/c1-23-20-36(24(2)22-37)33(39)28-19-27(34-32(38)26-12-6-5-7-13-26)15-16-29(28)43-25(3)11-8-9-17-42-30(23)21-35(4)45(40,41)31-14-10-18-44-31/h5-7,10,12-16,18-19,23-25,30,37H,8-9,11,17,20-22H2,1-4H3,(H,34,38)/t23-,24-,25-,30+/m1/s1. The maximum Gasteiger partial charge on any atom is 0.258 e. The first-order chi connectivity index (χ1) is 21.5. The number of rotatable bonds is 8. The molecule has 4 atom stereocenters. The first-order valence-corrected chi connectivity index (χ1v) is 17.5. The largest absolute Gasteiger partial charge is 0.490 e. The monoisotopic (exact) mass is 657 g/mol. The Hall–Kier alpha value is -3.29. The predicted octanol–water partition coefficient (Wildman–Crippen LogP) is 5.12. The fourth-order valence-electron chi connectivity index (χ4n) is 5.17. The number of likely N-dealkylation sites (N-methyl/N-ethyl adjacent to an activating group) is 1. The molecule has 4 rings (SSSR count). The third kappa shape index (κ3) is 8.92. The van der Waals surface area contributed by atoms with E-state index in [0.717, 1.165) is 24.2 Å². The summed E-state index contributed by atoms with van der Waals surface area (Å²) in [7, 11) is -2.17. The van der Waals surface area contributed by atoms with Crippen LogP contribution in [-0.2, 0) is 14.8 Å². The van der Waals surface area contributed by atoms with Crippen molar-refractivity contribution in [2.24, 2.45) is 5.92 Å². The van der Waals surface area contributed by atoms with E-state index in [1.807, 2.05) is 19.9 Å². The molecule has 0 bridgehead atoms. The van der Waals surface area contributed by atoms with Crippen molar-refractivity contribution in [1.82, 2.24) is 9.21 Å². The van der Waals surface area contributed by atoms with E-state index in [9.17, 15) is 23.1 Å². The number of anilines is 1. The summed E-state index contributed by atoms with van der Waals surface area (Å²) in [6.07, 6.45) is 1.56. The highest BCUT2D eigenvalue weighted by atomic mass is 32.2. The van der Waals surface area contributed by atoms with Crippen molar-refractivity contribution >= 4 is 38.9 Å². The van der Waals surface area contributed by atoms with Crippen LogP contribution in [0.5, 0.6) is 5.75 Å². The smallest absolute Gasteiger partial charge is 0.258 e. The minimum atomic E-state index is -3.71. The van der Waals surface area contributed by atoms with Gasteiger partial charge in [-0.3, -0.25) is 9.59 Å². The predicted molar refractivity (Wildman–Crippen MR) is 175 cm³/mol. The van der Waals surface area contributed by atoms with Gasteiger partial charge >= 0.3 is 0 Å². The number of thiophene rings is 1. The zero-order valence-electron chi connectivity index (χ0n) is 26.2. The zero-order chi connectivity index (χ0) is 32.6. The molecule has 45 heavy (non-hydrogen) atoms. The first-order valence-electron chi connectivity index (χ1n) is 15.2. The highest BCUT2D eigenvalue weighted by molar-refractivity contribution is 7.91. The molecule has 0 fully saturated rings. The Morgan fingerprint density at radius 2 is 1.89 bits per heavy atom. The molecule has 2 aromatic carbocycles. The van der Waals surface area contributed by atoms with Gasteiger partial charge in [-0.1, -0.05) is 31.2 Å². The summed E-state index contributed by atoms with van der Waals surface area (Å²) in [5, 5.41) is 14.8. The van der Waals surface area contributed by atoms with Gasteiger partial charge < -0.3 is 24.8 Å². The van der Waals surface area contributed by atoms with E-state index in [-0.39, 0.29) is 53.3 Å². The average Bonchev–Trinajstić information content (AvgIpc) is 3.59. The molecule has 244 valence electrons. The Bertz CT molecular complexity index is 1520. The molecule has 2 amide bonds. The maximum absolute atomic E-state index is 14.3. The minimum Gasteiger partial charge on any atom is -0.490 e. The molecule has 2 heterocycles. The van der Waals surface area contributed by atoms with E-state index in [2.05, 4.69) is 5.32 Å². The molecule has 1 aliphatic rings. The number of amides is 2. The van der Waals surface area contributed by atoms with Crippen LogP contribution >= 0.6 is 11.3 Å². The maximum atomic E-state index is 14.3. The van der Waals surface area contributed by atoms with Crippen molar-refractivity contribution in [2.45, 2.75) is 62.5 Å². The number of nitrogens with zero attached hydrogens (tertiary/aromatic N) is 2.